The predicted octanol–water partition coefficient (Wildman–Crippen LogP) is 4.25. The highest BCUT2D eigenvalue weighted by atomic mass is 16.5. The fourth-order valence-electron chi connectivity index (χ4n) is 3.34. The van der Waals surface area contributed by atoms with Crippen LogP contribution in [0.2, 0.25) is 0 Å². The van der Waals surface area contributed by atoms with Gasteiger partial charge < -0.3 is 9.30 Å². The number of hydrogen-bond acceptors (Lipinski definition) is 2. The van der Waals surface area contributed by atoms with E-state index in [2.05, 4.69) is 59.2 Å². The Hall–Kier alpha value is -2.81. The molecule has 22 heavy (non-hydrogen) atoms. The molecule has 3 nitrogen and oxygen atoms in total. The van der Waals surface area contributed by atoms with Crippen LogP contribution in [-0.4, -0.2) is 16.2 Å². The van der Waals surface area contributed by atoms with Gasteiger partial charge in [0.1, 0.15) is 18.2 Å². The summed E-state index contributed by atoms with van der Waals surface area (Å²) in [6, 6.07) is 20.9. The van der Waals surface area contributed by atoms with Gasteiger partial charge in [-0.2, -0.15) is 0 Å². The molecule has 0 N–H and O–H groups in total. The van der Waals surface area contributed by atoms with Crippen molar-refractivity contribution in [2.45, 2.75) is 6.54 Å². The largest absolute Gasteiger partial charge is 0.491 e. The molecule has 5 rings (SSSR count). The average molecular weight is 286 g/mol. The van der Waals surface area contributed by atoms with Crippen LogP contribution in [0.15, 0.2) is 60.7 Å². The Morgan fingerprint density at radius 2 is 1.77 bits per heavy atom. The lowest BCUT2D eigenvalue weighted by atomic mass is 10.0. The van der Waals surface area contributed by atoms with Crippen molar-refractivity contribution in [1.29, 1.82) is 0 Å². The molecule has 2 heterocycles. The van der Waals surface area contributed by atoms with Crippen molar-refractivity contribution in [2.24, 2.45) is 0 Å². The second kappa shape index (κ2) is 4.34. The summed E-state index contributed by atoms with van der Waals surface area (Å²) < 4.78 is 8.26. The minimum absolute atomic E-state index is 0.665. The van der Waals surface area contributed by atoms with E-state index in [9.17, 15) is 0 Å². The summed E-state index contributed by atoms with van der Waals surface area (Å²) in [5.41, 5.74) is 3.31. The van der Waals surface area contributed by atoms with Gasteiger partial charge in [0.2, 0.25) is 0 Å². The number of aromatic nitrogens is 2. The van der Waals surface area contributed by atoms with Crippen molar-refractivity contribution < 1.29 is 4.74 Å². The molecule has 0 saturated heterocycles. The van der Waals surface area contributed by atoms with Gasteiger partial charge in [0.25, 0.3) is 0 Å². The van der Waals surface area contributed by atoms with Crippen LogP contribution < -0.4 is 4.74 Å². The number of fused-ring (bicyclic) bond motifs is 7. The van der Waals surface area contributed by atoms with Gasteiger partial charge in [-0.25, -0.2) is 4.98 Å². The molecule has 0 fully saturated rings. The molecule has 0 aliphatic carbocycles. The van der Waals surface area contributed by atoms with Gasteiger partial charge in [0.15, 0.2) is 0 Å². The molecule has 0 saturated carbocycles. The van der Waals surface area contributed by atoms with E-state index in [1.165, 1.54) is 16.3 Å². The van der Waals surface area contributed by atoms with Crippen molar-refractivity contribution >= 4 is 21.8 Å². The number of nitrogens with zero attached hydrogens (tertiary/aromatic N) is 2. The van der Waals surface area contributed by atoms with Crippen molar-refractivity contribution in [1.82, 2.24) is 9.55 Å². The molecule has 106 valence electrons. The monoisotopic (exact) mass is 286 g/mol. The molecule has 0 amide bonds. The Morgan fingerprint density at radius 1 is 0.909 bits per heavy atom. The zero-order chi connectivity index (χ0) is 14.5. The zero-order valence-electron chi connectivity index (χ0n) is 12.0. The van der Waals surface area contributed by atoms with Gasteiger partial charge in [0, 0.05) is 0 Å². The Balaban J connectivity index is 1.96. The van der Waals surface area contributed by atoms with E-state index < -0.39 is 0 Å². The molecule has 4 aromatic rings. The molecule has 3 heteroatoms. The van der Waals surface area contributed by atoms with Crippen LogP contribution in [0.25, 0.3) is 33.2 Å². The van der Waals surface area contributed by atoms with Gasteiger partial charge in [-0.05, 0) is 29.0 Å². The summed E-state index contributed by atoms with van der Waals surface area (Å²) >= 11 is 0. The summed E-state index contributed by atoms with van der Waals surface area (Å²) in [5, 5.41) is 2.41. The SMILES string of the molecule is c1ccc2c3c(ccc2c1)OCCn1c-3nc2ccccc21. The first-order valence-corrected chi connectivity index (χ1v) is 7.52. The molecular formula is C19H14N2O. The van der Waals surface area contributed by atoms with Crippen molar-refractivity contribution in [2.75, 3.05) is 6.61 Å². The number of para-hydroxylation sites is 2. The molecule has 0 radical (unpaired) electrons. The molecule has 0 atom stereocenters. The van der Waals surface area contributed by atoms with Gasteiger partial charge in [0.05, 0.1) is 23.1 Å². The lowest BCUT2D eigenvalue weighted by Crippen LogP contribution is -2.05. The predicted molar refractivity (Wildman–Crippen MR) is 88.2 cm³/mol. The van der Waals surface area contributed by atoms with E-state index in [4.69, 9.17) is 9.72 Å². The Kier molecular flexibility index (Phi) is 2.33. The van der Waals surface area contributed by atoms with E-state index in [-0.39, 0.29) is 0 Å². The Morgan fingerprint density at radius 3 is 2.77 bits per heavy atom. The van der Waals surface area contributed by atoms with Crippen LogP contribution in [0, 0.1) is 0 Å². The first-order chi connectivity index (χ1) is 10.9. The second-order valence-corrected chi connectivity index (χ2v) is 5.58. The number of ether oxygens (including phenoxy) is 1. The fraction of sp³-hybridized carbons (Fsp3) is 0.105. The molecule has 1 aromatic heterocycles. The molecule has 1 aliphatic rings. The maximum Gasteiger partial charge on any atom is 0.145 e. The van der Waals surface area contributed by atoms with E-state index >= 15 is 0 Å². The van der Waals surface area contributed by atoms with E-state index in [0.29, 0.717) is 6.61 Å². The first kappa shape index (κ1) is 11.8. The average Bonchev–Trinajstić information content (AvgIpc) is 2.82. The standard InChI is InChI=1S/C19H14N2O/c1-2-6-14-13(5-1)9-10-17-18(14)19-20-15-7-3-4-8-16(15)21(19)11-12-22-17/h1-10H,11-12H2. The minimum atomic E-state index is 0.665. The quantitative estimate of drug-likeness (QED) is 0.483. The molecule has 0 unspecified atom stereocenters. The van der Waals surface area contributed by atoms with Crippen LogP contribution >= 0.6 is 0 Å². The highest BCUT2D eigenvalue weighted by Crippen LogP contribution is 2.39. The zero-order valence-corrected chi connectivity index (χ0v) is 12.0. The second-order valence-electron chi connectivity index (χ2n) is 5.58. The molecular weight excluding hydrogens is 272 g/mol. The Labute approximate surface area is 127 Å². The summed E-state index contributed by atoms with van der Waals surface area (Å²) in [7, 11) is 0. The first-order valence-electron chi connectivity index (χ1n) is 7.52. The number of imidazole rings is 1. The van der Waals surface area contributed by atoms with E-state index in [1.807, 2.05) is 6.07 Å². The minimum Gasteiger partial charge on any atom is -0.491 e. The summed E-state index contributed by atoms with van der Waals surface area (Å²) in [5.74, 6) is 1.93. The van der Waals surface area contributed by atoms with Crippen molar-refractivity contribution in [3.05, 3.63) is 60.7 Å². The van der Waals surface area contributed by atoms with Gasteiger partial charge >= 0.3 is 0 Å². The van der Waals surface area contributed by atoms with Crippen molar-refractivity contribution in [3.8, 4) is 17.1 Å². The molecule has 0 bridgehead atoms. The van der Waals surface area contributed by atoms with Crippen LogP contribution in [0.5, 0.6) is 5.75 Å². The lowest BCUT2D eigenvalue weighted by Gasteiger charge is -2.09. The fourth-order valence-corrected chi connectivity index (χ4v) is 3.34. The highest BCUT2D eigenvalue weighted by molar-refractivity contribution is 6.00. The third kappa shape index (κ3) is 1.53. The van der Waals surface area contributed by atoms with Gasteiger partial charge in [-0.3, -0.25) is 0 Å². The lowest BCUT2D eigenvalue weighted by molar-refractivity contribution is 0.308. The van der Waals surface area contributed by atoms with Crippen LogP contribution in [-0.2, 0) is 6.54 Å². The third-order valence-corrected chi connectivity index (χ3v) is 4.34. The summed E-state index contributed by atoms with van der Waals surface area (Å²) in [6.07, 6.45) is 0. The third-order valence-electron chi connectivity index (χ3n) is 4.34. The molecule has 1 aliphatic heterocycles. The maximum absolute atomic E-state index is 5.99. The van der Waals surface area contributed by atoms with Gasteiger partial charge in [-0.1, -0.05) is 42.5 Å². The van der Waals surface area contributed by atoms with Crippen LogP contribution in [0.3, 0.4) is 0 Å². The maximum atomic E-state index is 5.99. The molecule has 0 spiro atoms. The number of rotatable bonds is 0. The van der Waals surface area contributed by atoms with E-state index in [1.54, 1.807) is 0 Å². The van der Waals surface area contributed by atoms with E-state index in [0.717, 1.165) is 29.2 Å². The highest BCUT2D eigenvalue weighted by Gasteiger charge is 2.21. The topological polar surface area (TPSA) is 27.1 Å². The number of benzene rings is 3. The Bertz CT molecular complexity index is 1020. The van der Waals surface area contributed by atoms with Crippen LogP contribution in [0.4, 0.5) is 0 Å². The van der Waals surface area contributed by atoms with Crippen molar-refractivity contribution in [3.63, 3.8) is 0 Å². The number of hydrogen-bond donors (Lipinski definition) is 0. The summed E-state index contributed by atoms with van der Waals surface area (Å²) in [6.45, 7) is 1.48. The van der Waals surface area contributed by atoms with Crippen LogP contribution in [0.1, 0.15) is 0 Å². The summed E-state index contributed by atoms with van der Waals surface area (Å²) in [4.78, 5) is 4.89. The normalized spacial score (nSPS) is 13.5. The molecule has 3 aromatic carbocycles. The smallest absolute Gasteiger partial charge is 0.145 e. The van der Waals surface area contributed by atoms with Gasteiger partial charge in [-0.15, -0.1) is 0 Å².